The number of amides is 1. The number of likely N-dealkylation sites (N-methyl/N-ethyl adjacent to an activating group) is 1. The number of rotatable bonds is 21. The van der Waals surface area contributed by atoms with Crippen LogP contribution in [-0.4, -0.2) is 175 Å². The summed E-state index contributed by atoms with van der Waals surface area (Å²) in [6.07, 6.45) is 7.22. The number of benzene rings is 2. The number of carbonyl (C=O) groups excluding carboxylic acids is 2. The number of ether oxygens (including phenoxy) is 5. The Morgan fingerprint density at radius 2 is 1.36 bits per heavy atom. The van der Waals surface area contributed by atoms with Gasteiger partial charge in [-0.15, -0.1) is 0 Å². The number of esters is 1. The monoisotopic (exact) mass is 1210 g/mol. The molecule has 0 radical (unpaired) electrons. The van der Waals surface area contributed by atoms with Crippen molar-refractivity contribution in [2.24, 2.45) is 23.7 Å². The number of aliphatic hydroxyl groups is 5. The van der Waals surface area contributed by atoms with E-state index in [2.05, 4.69) is 98.5 Å². The molecular weight excluding hydrogens is 1100 g/mol. The van der Waals surface area contributed by atoms with Crippen molar-refractivity contribution in [3.05, 3.63) is 73.1 Å². The third-order valence-corrected chi connectivity index (χ3v) is 24.8. The molecule has 6 rings (SSSR count). The van der Waals surface area contributed by atoms with Crippen molar-refractivity contribution in [3.8, 4) is 0 Å². The number of nitrogens with zero attached hydrogens (tertiary/aromatic N) is 4. The molecule has 1 aromatic heterocycles. The third-order valence-electron chi connectivity index (χ3n) is 19.8. The second-order valence-corrected chi connectivity index (χ2v) is 32.1. The van der Waals surface area contributed by atoms with E-state index >= 15 is 0 Å². The molecule has 5 N–H and O–H groups in total. The molecule has 18 atom stereocenters. The molecule has 1 unspecified atom stereocenters. The van der Waals surface area contributed by atoms with Gasteiger partial charge in [0.15, 0.2) is 6.29 Å². The van der Waals surface area contributed by atoms with Gasteiger partial charge < -0.3 is 59.0 Å². The Hall–Kier alpha value is -3.38. The summed E-state index contributed by atoms with van der Waals surface area (Å²) in [5, 5.41) is 70.1. The van der Waals surface area contributed by atoms with Crippen LogP contribution in [0.1, 0.15) is 180 Å². The number of aliphatic hydroxyl groups excluding tert-OH is 3. The summed E-state index contributed by atoms with van der Waals surface area (Å²) in [4.78, 5) is 33.1. The number of cyclic esters (lactones) is 1. The van der Waals surface area contributed by atoms with E-state index in [9.17, 15) is 35.1 Å². The maximum Gasteiger partial charge on any atom is 0.126 e. The minimum atomic E-state index is -2.39. The van der Waals surface area contributed by atoms with Crippen molar-refractivity contribution in [1.29, 1.82) is 0 Å². The molecule has 0 aliphatic carbocycles. The zero-order chi connectivity index (χ0) is 62.8. The van der Waals surface area contributed by atoms with Crippen molar-refractivity contribution in [3.63, 3.8) is 0 Å². The second kappa shape index (κ2) is 30.4. The quantitative estimate of drug-likeness (QED) is 0.0385. The van der Waals surface area contributed by atoms with Crippen LogP contribution in [0.4, 0.5) is 0 Å². The molecule has 3 fully saturated rings. The van der Waals surface area contributed by atoms with Crippen LogP contribution in [0, 0.1) is 23.7 Å². The third kappa shape index (κ3) is 16.9. The van der Waals surface area contributed by atoms with Gasteiger partial charge in [0.05, 0.1) is 47.6 Å². The van der Waals surface area contributed by atoms with Gasteiger partial charge in [-0.05, 0) is 86.7 Å². The van der Waals surface area contributed by atoms with Crippen LogP contribution < -0.4 is 15.9 Å². The molecule has 482 valence electrons. The fourth-order valence-electron chi connectivity index (χ4n) is 14.7. The normalized spacial score (nSPS) is 35.2. The smallest absolute Gasteiger partial charge is 0.126 e. The van der Waals surface area contributed by atoms with E-state index in [0.717, 1.165) is 57.5 Å². The van der Waals surface area contributed by atoms with Gasteiger partial charge in [0.25, 0.3) is 0 Å². The molecule has 1 amide bonds. The predicted molar refractivity (Wildman–Crippen MR) is 340 cm³/mol. The molecule has 3 aliphatic rings. The van der Waals surface area contributed by atoms with Gasteiger partial charge in [0.2, 0.25) is 0 Å². The van der Waals surface area contributed by atoms with Crippen LogP contribution in [0.2, 0.25) is 0 Å². The second-order valence-electron chi connectivity index (χ2n) is 28.0. The molecule has 85 heavy (non-hydrogen) atoms. The SMILES string of the molecule is CC[C@H]1OC(=O)[C@H](C)C([C@H]2C[C@@](C)(OC)[C@@H](O)[C@H](C)O2)[C@H](C)[C@@H](O[C@@H]2O[C@H](C)C[C@H](N(C)C)[C@H]2O)[C@](C)(O)C[C@@H](C)CN(C(=O)CCCCCCCCCCC[PH](c2ccccc2)(c2ccccc2)c2cnn(C(C)(C)C)c2)[C@H](C)[C@@H](O)[C@]1(C)O. The van der Waals surface area contributed by atoms with E-state index in [4.69, 9.17) is 28.8 Å². The van der Waals surface area contributed by atoms with Gasteiger partial charge in [-0.3, -0.25) is 9.59 Å². The van der Waals surface area contributed by atoms with Crippen molar-refractivity contribution >= 4 is 35.1 Å². The van der Waals surface area contributed by atoms with Crippen molar-refractivity contribution < 1.29 is 58.8 Å². The van der Waals surface area contributed by atoms with Gasteiger partial charge in [0.1, 0.15) is 30.0 Å². The van der Waals surface area contributed by atoms with E-state index in [0.29, 0.717) is 12.8 Å². The van der Waals surface area contributed by atoms with E-state index in [1.165, 1.54) is 29.9 Å². The summed E-state index contributed by atoms with van der Waals surface area (Å²) in [5.41, 5.74) is -4.85. The number of unbranched alkanes of at least 4 members (excludes halogenated alkanes) is 8. The molecule has 3 aliphatic heterocycles. The Morgan fingerprint density at radius 3 is 1.89 bits per heavy atom. The van der Waals surface area contributed by atoms with Gasteiger partial charge in [0, 0.05) is 32.0 Å². The maximum atomic E-state index is 14.8. The minimum Gasteiger partial charge on any atom is -0.388 e. The number of methoxy groups -OCH3 is 1. The van der Waals surface area contributed by atoms with Crippen molar-refractivity contribution in [2.75, 3.05) is 33.9 Å². The van der Waals surface area contributed by atoms with Gasteiger partial charge in [-0.25, -0.2) is 0 Å². The number of hydrogen-bond donors (Lipinski definition) is 5. The average Bonchev–Trinajstić information content (AvgIpc) is 2.86. The standard InChI is InChI=1S/C68H113N4O12P/c1-17-56-68(13,79)60(75)49(6)71(57(73)37-31-23-21-19-18-20-22-24-32-38-85(51-33-27-25-28-34-51,52-35-29-26-30-36-52)53-42-69-72(44-53)65(8,9)10)43-45(2)40-66(11,78)62(84-64-59(74)54(70(14)15)39-46(3)81-64)47(4)58(48(5)63(77)83-56)55-41-67(12,80-16)61(76)50(7)82-55/h25-30,33-36,42,44-50,54-56,58-62,64,74-76,78-79,85H,17-24,31-32,37-41,43H2,1-16H3/t45-,46-,47+,48-,49-,50+,54+,55-,56-,58?,59-,60-,61+,62-,64+,66-,67-,68-/m1/s1. The molecule has 0 spiro atoms. The summed E-state index contributed by atoms with van der Waals surface area (Å²) in [6.45, 7) is 24.5. The maximum absolute atomic E-state index is 14.8. The van der Waals surface area contributed by atoms with Crippen molar-refractivity contribution in [1.82, 2.24) is 19.6 Å². The van der Waals surface area contributed by atoms with E-state index in [1.54, 1.807) is 39.5 Å². The molecule has 0 saturated carbocycles. The van der Waals surface area contributed by atoms with E-state index in [1.807, 2.05) is 46.7 Å². The Kier molecular flexibility index (Phi) is 25.3. The predicted octanol–water partition coefficient (Wildman–Crippen LogP) is 8.65. The van der Waals surface area contributed by atoms with Crippen LogP contribution in [-0.2, 0) is 38.8 Å². The summed E-state index contributed by atoms with van der Waals surface area (Å²) < 4.78 is 34.3. The molecule has 17 heteroatoms. The number of hydrogen-bond acceptors (Lipinski definition) is 14. The average molecular weight is 1210 g/mol. The Bertz CT molecular complexity index is 2470. The fourth-order valence-corrected chi connectivity index (χ4v) is 19.5. The molecule has 16 nitrogen and oxygen atoms in total. The summed E-state index contributed by atoms with van der Waals surface area (Å²) >= 11 is 0. The van der Waals surface area contributed by atoms with Gasteiger partial charge in [-0.2, -0.15) is 0 Å². The molecular formula is C68H113N4O12P. The molecule has 3 saturated heterocycles. The molecule has 3 aromatic rings. The minimum absolute atomic E-state index is 0.103. The van der Waals surface area contributed by atoms with Crippen LogP contribution in [0.25, 0.3) is 0 Å². The molecule has 4 heterocycles. The Labute approximate surface area is 511 Å². The first-order valence-corrected chi connectivity index (χ1v) is 34.5. The van der Waals surface area contributed by atoms with Crippen LogP contribution in [0.15, 0.2) is 73.1 Å². The van der Waals surface area contributed by atoms with E-state index < -0.39 is 103 Å². The first-order chi connectivity index (χ1) is 39.9. The Balaban J connectivity index is 1.16. The largest absolute Gasteiger partial charge is 0.388 e. The topological polar surface area (TPSA) is 206 Å². The van der Waals surface area contributed by atoms with Gasteiger partial charge >= 0.3 is 215 Å². The Morgan fingerprint density at radius 1 is 0.800 bits per heavy atom. The fraction of sp³-hybridized carbons (Fsp3) is 0.750. The zero-order valence-electron chi connectivity index (χ0n) is 54.8. The molecule has 0 bridgehead atoms. The molecule has 2 aromatic carbocycles. The summed E-state index contributed by atoms with van der Waals surface area (Å²) in [6, 6.07) is 20.9. The van der Waals surface area contributed by atoms with Crippen LogP contribution in [0.5, 0.6) is 0 Å². The van der Waals surface area contributed by atoms with Crippen LogP contribution in [0.3, 0.4) is 0 Å². The summed E-state index contributed by atoms with van der Waals surface area (Å²) in [5.74, 6) is -3.64. The van der Waals surface area contributed by atoms with Gasteiger partial charge in [-0.1, -0.05) is 27.7 Å². The number of carbonyl (C=O) groups is 2. The summed E-state index contributed by atoms with van der Waals surface area (Å²) in [7, 11) is 2.93. The van der Waals surface area contributed by atoms with E-state index in [-0.39, 0.29) is 61.7 Å². The zero-order valence-corrected chi connectivity index (χ0v) is 55.8. The first kappa shape index (κ1) is 70.7. The number of aromatic nitrogens is 2. The van der Waals surface area contributed by atoms with Crippen molar-refractivity contribution in [2.45, 2.75) is 269 Å². The van der Waals surface area contributed by atoms with Crippen LogP contribution >= 0.6 is 7.26 Å². The first-order valence-electron chi connectivity index (χ1n) is 32.3.